The van der Waals surface area contributed by atoms with Crippen LogP contribution in [-0.4, -0.2) is 13.1 Å². The molecule has 0 aromatic heterocycles. The van der Waals surface area contributed by atoms with Crippen LogP contribution < -0.4 is 5.32 Å². The molecule has 1 heterocycles. The standard InChI is InChI=1S/C15H22FN/c1-2-3-12-4-6-13(7-5-12)15(16)14-8-10-17-11-9-14/h4-7,14-15,17H,2-3,8-11H2,1H3. The Labute approximate surface area is 103 Å². The highest BCUT2D eigenvalue weighted by molar-refractivity contribution is 5.24. The van der Waals surface area contributed by atoms with Crippen LogP contribution in [-0.2, 0) is 6.42 Å². The molecule has 1 aromatic carbocycles. The van der Waals surface area contributed by atoms with E-state index in [1.165, 1.54) is 5.56 Å². The smallest absolute Gasteiger partial charge is 0.128 e. The third kappa shape index (κ3) is 3.29. The van der Waals surface area contributed by atoms with Crippen LogP contribution >= 0.6 is 0 Å². The number of rotatable bonds is 4. The average molecular weight is 235 g/mol. The van der Waals surface area contributed by atoms with Gasteiger partial charge in [-0.15, -0.1) is 0 Å². The number of hydrogen-bond acceptors (Lipinski definition) is 1. The highest BCUT2D eigenvalue weighted by Gasteiger charge is 2.24. The Morgan fingerprint density at radius 1 is 1.24 bits per heavy atom. The van der Waals surface area contributed by atoms with Gasteiger partial charge in [-0.25, -0.2) is 4.39 Å². The number of aryl methyl sites for hydroxylation is 1. The van der Waals surface area contributed by atoms with Gasteiger partial charge in [-0.2, -0.15) is 0 Å². The molecule has 0 amide bonds. The van der Waals surface area contributed by atoms with E-state index in [0.717, 1.165) is 44.3 Å². The fourth-order valence-corrected chi connectivity index (χ4v) is 2.57. The summed E-state index contributed by atoms with van der Waals surface area (Å²) in [7, 11) is 0. The van der Waals surface area contributed by atoms with Gasteiger partial charge >= 0.3 is 0 Å². The van der Waals surface area contributed by atoms with E-state index < -0.39 is 6.17 Å². The van der Waals surface area contributed by atoms with Crippen molar-refractivity contribution in [1.82, 2.24) is 5.32 Å². The van der Waals surface area contributed by atoms with Crippen molar-refractivity contribution in [1.29, 1.82) is 0 Å². The van der Waals surface area contributed by atoms with Gasteiger partial charge in [0.2, 0.25) is 0 Å². The minimum absolute atomic E-state index is 0.202. The quantitative estimate of drug-likeness (QED) is 0.840. The molecule has 2 rings (SSSR count). The van der Waals surface area contributed by atoms with Gasteiger partial charge in [0, 0.05) is 0 Å². The Morgan fingerprint density at radius 3 is 2.47 bits per heavy atom. The maximum absolute atomic E-state index is 14.3. The predicted molar refractivity (Wildman–Crippen MR) is 69.9 cm³/mol. The van der Waals surface area contributed by atoms with E-state index in [9.17, 15) is 4.39 Å². The second-order valence-electron chi connectivity index (χ2n) is 4.98. The number of alkyl halides is 1. The molecule has 1 N–H and O–H groups in total. The second kappa shape index (κ2) is 6.15. The number of piperidine rings is 1. The summed E-state index contributed by atoms with van der Waals surface area (Å²) < 4.78 is 14.3. The van der Waals surface area contributed by atoms with Gasteiger partial charge in [0.1, 0.15) is 6.17 Å². The third-order valence-corrected chi connectivity index (χ3v) is 3.63. The van der Waals surface area contributed by atoms with Crippen LogP contribution in [0.15, 0.2) is 24.3 Å². The fraction of sp³-hybridized carbons (Fsp3) is 0.600. The molecule has 1 nitrogen and oxygen atoms in total. The largest absolute Gasteiger partial charge is 0.317 e. The number of nitrogens with one attached hydrogen (secondary N) is 1. The summed E-state index contributed by atoms with van der Waals surface area (Å²) in [4.78, 5) is 0. The van der Waals surface area contributed by atoms with Crippen LogP contribution in [0.25, 0.3) is 0 Å². The Balaban J connectivity index is 2.00. The van der Waals surface area contributed by atoms with E-state index in [-0.39, 0.29) is 5.92 Å². The van der Waals surface area contributed by atoms with Crippen molar-refractivity contribution in [3.8, 4) is 0 Å². The summed E-state index contributed by atoms with van der Waals surface area (Å²) >= 11 is 0. The molecular weight excluding hydrogens is 213 g/mol. The van der Waals surface area contributed by atoms with Crippen molar-refractivity contribution in [2.75, 3.05) is 13.1 Å². The first-order chi connectivity index (χ1) is 8.31. The number of halogens is 1. The van der Waals surface area contributed by atoms with Crippen LogP contribution in [0.3, 0.4) is 0 Å². The molecule has 0 spiro atoms. The van der Waals surface area contributed by atoms with Crippen LogP contribution in [0.1, 0.15) is 43.5 Å². The average Bonchev–Trinajstić information content (AvgIpc) is 2.40. The van der Waals surface area contributed by atoms with Crippen molar-refractivity contribution < 1.29 is 4.39 Å². The van der Waals surface area contributed by atoms with E-state index in [4.69, 9.17) is 0 Å². The lowest BCUT2D eigenvalue weighted by atomic mass is 9.89. The maximum Gasteiger partial charge on any atom is 0.128 e. The zero-order valence-electron chi connectivity index (χ0n) is 10.6. The van der Waals surface area contributed by atoms with Crippen LogP contribution in [0.4, 0.5) is 4.39 Å². The van der Waals surface area contributed by atoms with Crippen LogP contribution in [0, 0.1) is 5.92 Å². The molecule has 1 aliphatic rings. The summed E-state index contributed by atoms with van der Waals surface area (Å²) in [5.74, 6) is 0.202. The molecule has 1 saturated heterocycles. The van der Waals surface area contributed by atoms with Gasteiger partial charge in [-0.05, 0) is 49.4 Å². The summed E-state index contributed by atoms with van der Waals surface area (Å²) in [6.45, 7) is 4.08. The maximum atomic E-state index is 14.3. The molecule has 0 saturated carbocycles. The molecule has 1 aromatic rings. The molecule has 17 heavy (non-hydrogen) atoms. The van der Waals surface area contributed by atoms with Crippen molar-refractivity contribution in [3.63, 3.8) is 0 Å². The van der Waals surface area contributed by atoms with Crippen molar-refractivity contribution in [2.24, 2.45) is 5.92 Å². The Bertz CT molecular complexity index is 327. The predicted octanol–water partition coefficient (Wildman–Crippen LogP) is 3.65. The molecule has 1 atom stereocenters. The Kier molecular flexibility index (Phi) is 4.55. The first-order valence-electron chi connectivity index (χ1n) is 6.75. The van der Waals surface area contributed by atoms with Crippen LogP contribution in [0.2, 0.25) is 0 Å². The third-order valence-electron chi connectivity index (χ3n) is 3.63. The van der Waals surface area contributed by atoms with E-state index >= 15 is 0 Å². The van der Waals surface area contributed by atoms with Gasteiger partial charge in [-0.1, -0.05) is 37.6 Å². The summed E-state index contributed by atoms with van der Waals surface area (Å²) in [6.07, 6.45) is 3.36. The van der Waals surface area contributed by atoms with E-state index in [1.54, 1.807) is 0 Å². The minimum Gasteiger partial charge on any atom is -0.317 e. The summed E-state index contributed by atoms with van der Waals surface area (Å²) in [5, 5.41) is 3.28. The SMILES string of the molecule is CCCc1ccc(C(F)C2CCNCC2)cc1. The summed E-state index contributed by atoms with van der Waals surface area (Å²) in [5.41, 5.74) is 2.17. The lowest BCUT2D eigenvalue weighted by Crippen LogP contribution is -2.29. The van der Waals surface area contributed by atoms with Crippen molar-refractivity contribution in [2.45, 2.75) is 38.8 Å². The van der Waals surface area contributed by atoms with Gasteiger partial charge in [0.15, 0.2) is 0 Å². The van der Waals surface area contributed by atoms with E-state index in [0.29, 0.717) is 0 Å². The Hall–Kier alpha value is -0.890. The van der Waals surface area contributed by atoms with E-state index in [1.807, 2.05) is 12.1 Å². The molecule has 0 bridgehead atoms. The lowest BCUT2D eigenvalue weighted by molar-refractivity contribution is 0.190. The zero-order valence-corrected chi connectivity index (χ0v) is 10.6. The molecule has 1 fully saturated rings. The first-order valence-corrected chi connectivity index (χ1v) is 6.75. The van der Waals surface area contributed by atoms with Crippen LogP contribution in [0.5, 0.6) is 0 Å². The molecule has 0 aliphatic carbocycles. The van der Waals surface area contributed by atoms with Crippen molar-refractivity contribution >= 4 is 0 Å². The Morgan fingerprint density at radius 2 is 1.88 bits per heavy atom. The summed E-state index contributed by atoms with van der Waals surface area (Å²) in [6, 6.07) is 8.09. The normalized spacial score (nSPS) is 19.2. The number of benzene rings is 1. The second-order valence-corrected chi connectivity index (χ2v) is 4.98. The zero-order chi connectivity index (χ0) is 12.1. The monoisotopic (exact) mass is 235 g/mol. The van der Waals surface area contributed by atoms with E-state index in [2.05, 4.69) is 24.4 Å². The van der Waals surface area contributed by atoms with Gasteiger partial charge in [0.25, 0.3) is 0 Å². The molecule has 2 heteroatoms. The lowest BCUT2D eigenvalue weighted by Gasteiger charge is -2.26. The topological polar surface area (TPSA) is 12.0 Å². The molecule has 94 valence electrons. The minimum atomic E-state index is -0.784. The highest BCUT2D eigenvalue weighted by Crippen LogP contribution is 2.32. The molecule has 0 radical (unpaired) electrons. The molecule has 1 unspecified atom stereocenters. The van der Waals surface area contributed by atoms with Crippen molar-refractivity contribution in [3.05, 3.63) is 35.4 Å². The highest BCUT2D eigenvalue weighted by atomic mass is 19.1. The van der Waals surface area contributed by atoms with Gasteiger partial charge in [-0.3, -0.25) is 0 Å². The fourth-order valence-electron chi connectivity index (χ4n) is 2.57. The van der Waals surface area contributed by atoms with Gasteiger partial charge < -0.3 is 5.32 Å². The first kappa shape index (κ1) is 12.6. The molecule has 1 aliphatic heterocycles. The molecular formula is C15H22FN. The number of hydrogen-bond donors (Lipinski definition) is 1. The van der Waals surface area contributed by atoms with Gasteiger partial charge in [0.05, 0.1) is 0 Å².